The Labute approximate surface area is 98.0 Å². The van der Waals surface area contributed by atoms with Crippen LogP contribution in [0.15, 0.2) is 0 Å². The minimum absolute atomic E-state index is 0.0201. The molecular weight excluding hydrogens is 210 g/mol. The van der Waals surface area contributed by atoms with Crippen molar-refractivity contribution in [3.8, 4) is 0 Å². The first-order chi connectivity index (χ1) is 6.89. The second kappa shape index (κ2) is 4.32. The van der Waals surface area contributed by atoms with Gasteiger partial charge in [0.1, 0.15) is 5.88 Å². The van der Waals surface area contributed by atoms with E-state index in [4.69, 9.17) is 11.6 Å². The third-order valence-corrected chi connectivity index (χ3v) is 4.48. The third kappa shape index (κ3) is 2.01. The van der Waals surface area contributed by atoms with Gasteiger partial charge in [-0.1, -0.05) is 20.3 Å². The van der Waals surface area contributed by atoms with Crippen LogP contribution in [0.3, 0.4) is 0 Å². The fourth-order valence-electron chi connectivity index (χ4n) is 2.86. The van der Waals surface area contributed by atoms with E-state index in [1.807, 2.05) is 11.8 Å². The molecule has 0 heterocycles. The molecule has 0 aromatic carbocycles. The molecule has 0 radical (unpaired) electrons. The van der Waals surface area contributed by atoms with Gasteiger partial charge in [0.25, 0.3) is 0 Å². The maximum absolute atomic E-state index is 11.8. The maximum Gasteiger partial charge on any atom is 0.237 e. The Bertz CT molecular complexity index is 252. The number of rotatable bonds is 3. The molecule has 88 valence electrons. The lowest BCUT2D eigenvalue weighted by Crippen LogP contribution is -2.55. The first kappa shape index (κ1) is 12.8. The first-order valence-corrected chi connectivity index (χ1v) is 6.29. The van der Waals surface area contributed by atoms with Gasteiger partial charge in [-0.25, -0.2) is 0 Å². The molecule has 1 atom stereocenters. The molecule has 1 saturated carbocycles. The molecule has 0 aromatic rings. The van der Waals surface area contributed by atoms with Crippen LogP contribution in [0.5, 0.6) is 0 Å². The van der Waals surface area contributed by atoms with Gasteiger partial charge in [-0.05, 0) is 32.1 Å². The molecule has 15 heavy (non-hydrogen) atoms. The SMILES string of the molecule is CCN(C(=O)CCl)C1(C)CCCC1(C)C. The van der Waals surface area contributed by atoms with Crippen molar-refractivity contribution in [1.82, 2.24) is 4.90 Å². The number of halogens is 1. The van der Waals surface area contributed by atoms with Crippen molar-refractivity contribution in [2.75, 3.05) is 12.4 Å². The molecule has 1 rings (SSSR count). The molecule has 1 aliphatic carbocycles. The van der Waals surface area contributed by atoms with E-state index < -0.39 is 0 Å². The lowest BCUT2D eigenvalue weighted by molar-refractivity contribution is -0.137. The molecule has 0 aliphatic heterocycles. The minimum Gasteiger partial charge on any atom is -0.336 e. The Balaban J connectivity index is 2.96. The molecule has 0 N–H and O–H groups in total. The van der Waals surface area contributed by atoms with Crippen LogP contribution in [-0.4, -0.2) is 28.8 Å². The van der Waals surface area contributed by atoms with Gasteiger partial charge in [-0.15, -0.1) is 11.6 Å². The summed E-state index contributed by atoms with van der Waals surface area (Å²) >= 11 is 5.67. The second-order valence-corrected chi connectivity index (χ2v) is 5.55. The van der Waals surface area contributed by atoms with E-state index in [-0.39, 0.29) is 22.7 Å². The molecule has 2 nitrogen and oxygen atoms in total. The summed E-state index contributed by atoms with van der Waals surface area (Å²) < 4.78 is 0. The first-order valence-electron chi connectivity index (χ1n) is 5.75. The van der Waals surface area contributed by atoms with Crippen LogP contribution in [0.2, 0.25) is 0 Å². The van der Waals surface area contributed by atoms with Crippen LogP contribution < -0.4 is 0 Å². The van der Waals surface area contributed by atoms with Crippen LogP contribution in [0.25, 0.3) is 0 Å². The summed E-state index contributed by atoms with van der Waals surface area (Å²) in [5.41, 5.74) is 0.179. The third-order valence-electron chi connectivity index (χ3n) is 4.25. The van der Waals surface area contributed by atoms with Gasteiger partial charge in [-0.2, -0.15) is 0 Å². The topological polar surface area (TPSA) is 20.3 Å². The number of amides is 1. The van der Waals surface area contributed by atoms with Crippen molar-refractivity contribution in [3.05, 3.63) is 0 Å². The van der Waals surface area contributed by atoms with Gasteiger partial charge >= 0.3 is 0 Å². The zero-order valence-corrected chi connectivity index (χ0v) is 11.0. The highest BCUT2D eigenvalue weighted by molar-refractivity contribution is 6.27. The van der Waals surface area contributed by atoms with Crippen molar-refractivity contribution < 1.29 is 4.79 Å². The molecule has 0 saturated heterocycles. The van der Waals surface area contributed by atoms with Crippen molar-refractivity contribution >= 4 is 17.5 Å². The van der Waals surface area contributed by atoms with E-state index in [2.05, 4.69) is 20.8 Å². The van der Waals surface area contributed by atoms with E-state index in [1.54, 1.807) is 0 Å². The molecule has 0 bridgehead atoms. The van der Waals surface area contributed by atoms with Gasteiger partial charge in [-0.3, -0.25) is 4.79 Å². The Morgan fingerprint density at radius 2 is 1.93 bits per heavy atom. The van der Waals surface area contributed by atoms with Crippen molar-refractivity contribution in [2.45, 2.75) is 52.5 Å². The zero-order valence-electron chi connectivity index (χ0n) is 10.3. The number of carbonyl (C=O) groups excluding carboxylic acids is 1. The monoisotopic (exact) mass is 231 g/mol. The van der Waals surface area contributed by atoms with Gasteiger partial charge in [0.2, 0.25) is 5.91 Å². The molecular formula is C12H22ClNO. The highest BCUT2D eigenvalue weighted by Crippen LogP contribution is 2.49. The fourth-order valence-corrected chi connectivity index (χ4v) is 3.00. The largest absolute Gasteiger partial charge is 0.336 e. The van der Waals surface area contributed by atoms with Crippen LogP contribution >= 0.6 is 11.6 Å². The molecule has 1 fully saturated rings. The van der Waals surface area contributed by atoms with Gasteiger partial charge in [0, 0.05) is 12.1 Å². The van der Waals surface area contributed by atoms with Crippen LogP contribution in [0, 0.1) is 5.41 Å². The summed E-state index contributed by atoms with van der Waals surface area (Å²) in [5.74, 6) is 0.163. The highest BCUT2D eigenvalue weighted by Gasteiger charge is 2.49. The number of hydrogen-bond acceptors (Lipinski definition) is 1. The van der Waals surface area contributed by atoms with Gasteiger partial charge in [0.05, 0.1) is 0 Å². The highest BCUT2D eigenvalue weighted by atomic mass is 35.5. The number of hydrogen-bond donors (Lipinski definition) is 0. The average Bonchev–Trinajstić information content (AvgIpc) is 2.43. The predicted molar refractivity (Wildman–Crippen MR) is 64.1 cm³/mol. The smallest absolute Gasteiger partial charge is 0.237 e. The second-order valence-electron chi connectivity index (χ2n) is 5.28. The van der Waals surface area contributed by atoms with Crippen molar-refractivity contribution in [3.63, 3.8) is 0 Å². The Hall–Kier alpha value is -0.240. The fraction of sp³-hybridized carbons (Fsp3) is 0.917. The summed E-state index contributed by atoms with van der Waals surface area (Å²) in [6.07, 6.45) is 3.49. The number of nitrogens with zero attached hydrogens (tertiary/aromatic N) is 1. The lowest BCUT2D eigenvalue weighted by atomic mass is 9.75. The maximum atomic E-state index is 11.8. The van der Waals surface area contributed by atoms with E-state index in [0.717, 1.165) is 13.0 Å². The van der Waals surface area contributed by atoms with E-state index in [9.17, 15) is 4.79 Å². The van der Waals surface area contributed by atoms with E-state index >= 15 is 0 Å². The summed E-state index contributed by atoms with van der Waals surface area (Å²) in [6, 6.07) is 0. The van der Waals surface area contributed by atoms with E-state index in [1.165, 1.54) is 12.8 Å². The molecule has 3 heteroatoms. The molecule has 1 unspecified atom stereocenters. The van der Waals surface area contributed by atoms with Crippen LogP contribution in [0.1, 0.15) is 47.0 Å². The summed E-state index contributed by atoms with van der Waals surface area (Å²) in [6.45, 7) is 9.50. The van der Waals surface area contributed by atoms with Crippen LogP contribution in [0.4, 0.5) is 0 Å². The standard InChI is InChI=1S/C12H22ClNO/c1-5-14(10(15)9-13)12(4)8-6-7-11(12,2)3/h5-9H2,1-4H3. The van der Waals surface area contributed by atoms with Crippen molar-refractivity contribution in [2.24, 2.45) is 5.41 Å². The number of carbonyl (C=O) groups is 1. The average molecular weight is 232 g/mol. The Morgan fingerprint density at radius 3 is 2.27 bits per heavy atom. The lowest BCUT2D eigenvalue weighted by Gasteiger charge is -2.47. The predicted octanol–water partition coefficient (Wildman–Crippen LogP) is 3.04. The summed E-state index contributed by atoms with van der Waals surface area (Å²) in [5, 5.41) is 0. The normalized spacial score (nSPS) is 29.1. The minimum atomic E-state index is -0.0201. The van der Waals surface area contributed by atoms with Gasteiger partial charge < -0.3 is 4.90 Å². The summed E-state index contributed by atoms with van der Waals surface area (Å²) in [4.78, 5) is 13.8. The van der Waals surface area contributed by atoms with Crippen LogP contribution in [-0.2, 0) is 4.79 Å². The molecule has 1 amide bonds. The molecule has 0 aromatic heterocycles. The van der Waals surface area contributed by atoms with Gasteiger partial charge in [0.15, 0.2) is 0 Å². The Morgan fingerprint density at radius 1 is 1.33 bits per heavy atom. The molecule has 0 spiro atoms. The Kier molecular flexibility index (Phi) is 3.70. The van der Waals surface area contributed by atoms with Crippen molar-refractivity contribution in [1.29, 1.82) is 0 Å². The molecule has 1 aliphatic rings. The van der Waals surface area contributed by atoms with E-state index in [0.29, 0.717) is 0 Å². The zero-order chi connectivity index (χ0) is 11.7. The quantitative estimate of drug-likeness (QED) is 0.684. The number of alkyl halides is 1. The summed E-state index contributed by atoms with van der Waals surface area (Å²) in [7, 11) is 0.